The van der Waals surface area contributed by atoms with Crippen molar-refractivity contribution in [2.75, 3.05) is 31.6 Å². The van der Waals surface area contributed by atoms with E-state index in [2.05, 4.69) is 22.3 Å². The van der Waals surface area contributed by atoms with Crippen LogP contribution in [-0.2, 0) is 11.2 Å². The summed E-state index contributed by atoms with van der Waals surface area (Å²) in [5.41, 5.74) is 2.26. The number of piperidine rings is 1. The molecule has 0 spiro atoms. The lowest BCUT2D eigenvalue weighted by Crippen LogP contribution is -2.41. The van der Waals surface area contributed by atoms with Crippen molar-refractivity contribution >= 4 is 32.6 Å². The molecule has 146 valence electrons. The highest BCUT2D eigenvalue weighted by Crippen LogP contribution is 2.33. The van der Waals surface area contributed by atoms with E-state index in [4.69, 9.17) is 9.72 Å². The van der Waals surface area contributed by atoms with Crippen molar-refractivity contribution < 1.29 is 9.53 Å². The number of thiazole rings is 1. The first-order valence-corrected chi connectivity index (χ1v) is 10.6. The second kappa shape index (κ2) is 8.61. The summed E-state index contributed by atoms with van der Waals surface area (Å²) in [5.74, 6) is 1.14. The molecule has 1 aliphatic heterocycles. The van der Waals surface area contributed by atoms with Gasteiger partial charge in [-0.2, -0.15) is 0 Å². The highest BCUT2D eigenvalue weighted by Gasteiger charge is 2.26. The van der Waals surface area contributed by atoms with Gasteiger partial charge in [-0.3, -0.25) is 4.79 Å². The maximum Gasteiger partial charge on any atom is 0.223 e. The summed E-state index contributed by atoms with van der Waals surface area (Å²) < 4.78 is 6.43. The lowest BCUT2D eigenvalue weighted by molar-refractivity contribution is -0.125. The molecule has 1 amide bonds. The maximum absolute atomic E-state index is 12.5. The first kappa shape index (κ1) is 18.7. The van der Waals surface area contributed by atoms with Crippen LogP contribution >= 0.6 is 11.3 Å². The summed E-state index contributed by atoms with van der Waals surface area (Å²) in [5, 5.41) is 4.14. The summed E-state index contributed by atoms with van der Waals surface area (Å²) in [6.45, 7) is 2.43. The average Bonchev–Trinajstić information content (AvgIpc) is 3.18. The van der Waals surface area contributed by atoms with Gasteiger partial charge >= 0.3 is 0 Å². The van der Waals surface area contributed by atoms with E-state index in [1.54, 1.807) is 18.4 Å². The molecule has 1 fully saturated rings. The largest absolute Gasteiger partial charge is 0.497 e. The van der Waals surface area contributed by atoms with Gasteiger partial charge in [0, 0.05) is 25.6 Å². The second-order valence-electron chi connectivity index (χ2n) is 7.12. The lowest BCUT2D eigenvalue weighted by Gasteiger charge is -2.31. The Morgan fingerprint density at radius 1 is 1.21 bits per heavy atom. The van der Waals surface area contributed by atoms with Gasteiger partial charge in [0.05, 0.1) is 17.3 Å². The van der Waals surface area contributed by atoms with E-state index in [1.807, 2.05) is 36.4 Å². The molecule has 0 aliphatic carbocycles. The molecular weight excluding hydrogens is 370 g/mol. The van der Waals surface area contributed by atoms with Crippen LogP contribution in [0.25, 0.3) is 10.2 Å². The third-order valence-corrected chi connectivity index (χ3v) is 6.36. The van der Waals surface area contributed by atoms with Crippen molar-refractivity contribution in [3.63, 3.8) is 0 Å². The van der Waals surface area contributed by atoms with Crippen LogP contribution in [0.2, 0.25) is 0 Å². The van der Waals surface area contributed by atoms with Gasteiger partial charge in [-0.1, -0.05) is 41.7 Å². The van der Waals surface area contributed by atoms with Crippen molar-refractivity contribution in [1.29, 1.82) is 0 Å². The summed E-state index contributed by atoms with van der Waals surface area (Å²) in [7, 11) is 1.68. The Kier molecular flexibility index (Phi) is 5.76. The molecule has 4 rings (SSSR count). The van der Waals surface area contributed by atoms with Crippen LogP contribution in [0.1, 0.15) is 18.4 Å². The Hall–Kier alpha value is -2.60. The van der Waals surface area contributed by atoms with Crippen molar-refractivity contribution in [3.8, 4) is 5.75 Å². The van der Waals surface area contributed by atoms with Gasteiger partial charge in [-0.15, -0.1) is 0 Å². The van der Waals surface area contributed by atoms with Gasteiger partial charge in [-0.25, -0.2) is 4.98 Å². The van der Waals surface area contributed by atoms with Crippen LogP contribution in [0.5, 0.6) is 5.75 Å². The Morgan fingerprint density at radius 3 is 2.75 bits per heavy atom. The molecule has 0 radical (unpaired) electrons. The Morgan fingerprint density at radius 2 is 2.00 bits per heavy atom. The number of carbonyl (C=O) groups excluding carboxylic acids is 1. The van der Waals surface area contributed by atoms with Crippen LogP contribution in [0.3, 0.4) is 0 Å². The number of nitrogens with zero attached hydrogens (tertiary/aromatic N) is 2. The molecule has 1 aromatic heterocycles. The minimum Gasteiger partial charge on any atom is -0.497 e. The normalized spacial score (nSPS) is 15.0. The van der Waals surface area contributed by atoms with Gasteiger partial charge in [0.1, 0.15) is 5.75 Å². The molecule has 1 N–H and O–H groups in total. The molecule has 0 bridgehead atoms. The van der Waals surface area contributed by atoms with Crippen LogP contribution in [0.4, 0.5) is 5.13 Å². The van der Waals surface area contributed by atoms with Crippen molar-refractivity contribution in [2.24, 2.45) is 5.92 Å². The van der Waals surface area contributed by atoms with Crippen LogP contribution in [0, 0.1) is 5.92 Å². The van der Waals surface area contributed by atoms with Gasteiger partial charge in [0.25, 0.3) is 0 Å². The Bertz CT molecular complexity index is 933. The molecule has 3 aromatic rings. The number of fused-ring (bicyclic) bond motifs is 1. The number of hydrogen-bond donors (Lipinski definition) is 1. The summed E-state index contributed by atoms with van der Waals surface area (Å²) in [4.78, 5) is 19.5. The number of benzene rings is 2. The van der Waals surface area contributed by atoms with Crippen molar-refractivity contribution in [3.05, 3.63) is 54.1 Å². The first-order valence-electron chi connectivity index (χ1n) is 9.74. The number of methoxy groups -OCH3 is 1. The van der Waals surface area contributed by atoms with E-state index in [1.165, 1.54) is 5.56 Å². The van der Waals surface area contributed by atoms with Gasteiger partial charge in [-0.05, 0) is 43.0 Å². The highest BCUT2D eigenvalue weighted by molar-refractivity contribution is 7.22. The minimum absolute atomic E-state index is 0.0986. The quantitative estimate of drug-likeness (QED) is 0.688. The number of anilines is 1. The Balaban J connectivity index is 1.28. The number of rotatable bonds is 6. The number of hydrogen-bond acceptors (Lipinski definition) is 5. The number of ether oxygens (including phenoxy) is 1. The third-order valence-electron chi connectivity index (χ3n) is 5.28. The first-order chi connectivity index (χ1) is 13.7. The van der Waals surface area contributed by atoms with E-state index in [-0.39, 0.29) is 11.8 Å². The number of nitrogens with one attached hydrogen (secondary N) is 1. The fourth-order valence-electron chi connectivity index (χ4n) is 3.61. The predicted octanol–water partition coefficient (Wildman–Crippen LogP) is 3.88. The zero-order valence-electron chi connectivity index (χ0n) is 16.1. The van der Waals surface area contributed by atoms with Gasteiger partial charge in [0.15, 0.2) is 5.13 Å². The molecule has 1 saturated heterocycles. The zero-order chi connectivity index (χ0) is 19.3. The van der Waals surface area contributed by atoms with Gasteiger partial charge < -0.3 is 15.0 Å². The smallest absolute Gasteiger partial charge is 0.223 e. The minimum atomic E-state index is 0.0986. The molecule has 0 saturated carbocycles. The van der Waals surface area contributed by atoms with Crippen LogP contribution < -0.4 is 15.0 Å². The molecular formula is C22H25N3O2S. The van der Waals surface area contributed by atoms with Crippen LogP contribution in [-0.4, -0.2) is 37.6 Å². The van der Waals surface area contributed by atoms with E-state index in [9.17, 15) is 4.79 Å². The van der Waals surface area contributed by atoms with E-state index in [0.29, 0.717) is 6.54 Å². The third kappa shape index (κ3) is 4.28. The van der Waals surface area contributed by atoms with Crippen molar-refractivity contribution in [1.82, 2.24) is 10.3 Å². The molecule has 2 heterocycles. The summed E-state index contributed by atoms with van der Waals surface area (Å²) in [6.07, 6.45) is 2.62. The van der Waals surface area contributed by atoms with Crippen LogP contribution in [0.15, 0.2) is 48.5 Å². The predicted molar refractivity (Wildman–Crippen MR) is 114 cm³/mol. The molecule has 5 nitrogen and oxygen atoms in total. The van der Waals surface area contributed by atoms with E-state index in [0.717, 1.165) is 53.4 Å². The fraction of sp³-hybridized carbons (Fsp3) is 0.364. The topological polar surface area (TPSA) is 54.5 Å². The summed E-state index contributed by atoms with van der Waals surface area (Å²) in [6, 6.07) is 16.2. The molecule has 2 aromatic carbocycles. The average molecular weight is 396 g/mol. The molecule has 0 atom stereocenters. The monoisotopic (exact) mass is 395 g/mol. The van der Waals surface area contributed by atoms with E-state index < -0.39 is 0 Å². The SMILES string of the molecule is COc1ccc2nc(N3CCC(C(=O)NCCc4ccccc4)CC3)sc2c1. The fourth-order valence-corrected chi connectivity index (χ4v) is 4.65. The van der Waals surface area contributed by atoms with Gasteiger partial charge in [0.2, 0.25) is 5.91 Å². The zero-order valence-corrected chi connectivity index (χ0v) is 16.9. The molecule has 6 heteroatoms. The second-order valence-corrected chi connectivity index (χ2v) is 8.13. The Labute approximate surface area is 169 Å². The number of carbonyl (C=O) groups is 1. The van der Waals surface area contributed by atoms with Crippen molar-refractivity contribution in [2.45, 2.75) is 19.3 Å². The van der Waals surface area contributed by atoms with E-state index >= 15 is 0 Å². The summed E-state index contributed by atoms with van der Waals surface area (Å²) >= 11 is 1.69. The number of aromatic nitrogens is 1. The molecule has 28 heavy (non-hydrogen) atoms. The molecule has 0 unspecified atom stereocenters. The standard InChI is InChI=1S/C22H25N3O2S/c1-27-18-7-8-19-20(15-18)28-22(24-19)25-13-10-17(11-14-25)21(26)23-12-9-16-5-3-2-4-6-16/h2-8,15,17H,9-14H2,1H3,(H,23,26). The maximum atomic E-state index is 12.5. The highest BCUT2D eigenvalue weighted by atomic mass is 32.1. The molecule has 1 aliphatic rings. The number of amides is 1. The lowest BCUT2D eigenvalue weighted by atomic mass is 9.96.